The highest BCUT2D eigenvalue weighted by Crippen LogP contribution is 2.24. The minimum Gasteiger partial charge on any atom is -0.383 e. The third-order valence-electron chi connectivity index (χ3n) is 3.12. The van der Waals surface area contributed by atoms with Crippen LogP contribution in [0.3, 0.4) is 0 Å². The fourth-order valence-electron chi connectivity index (χ4n) is 2.10. The molecule has 0 saturated heterocycles. The molecule has 1 aromatic heterocycles. The summed E-state index contributed by atoms with van der Waals surface area (Å²) < 4.78 is 6.20. The van der Waals surface area contributed by atoms with Crippen molar-refractivity contribution < 1.29 is 4.74 Å². The topological polar surface area (TPSA) is 34.1 Å². The Morgan fingerprint density at radius 3 is 3.05 bits per heavy atom. The standard InChI is InChI=1S/C15H19BrN2OS/c1-19-6-5-17-9-13(8-15-10-18-11-20-15)12-3-2-4-14(16)7-12/h2-4,7,10-11,13,17H,5-6,8-9H2,1H3. The normalized spacial score (nSPS) is 12.5. The molecule has 5 heteroatoms. The maximum Gasteiger partial charge on any atom is 0.0794 e. The van der Waals surface area contributed by atoms with Gasteiger partial charge in [-0.15, -0.1) is 11.3 Å². The summed E-state index contributed by atoms with van der Waals surface area (Å²) in [6, 6.07) is 8.54. The lowest BCUT2D eigenvalue weighted by molar-refractivity contribution is 0.199. The van der Waals surface area contributed by atoms with Crippen LogP contribution < -0.4 is 5.32 Å². The van der Waals surface area contributed by atoms with Gasteiger partial charge in [0.05, 0.1) is 12.1 Å². The predicted molar refractivity (Wildman–Crippen MR) is 87.4 cm³/mol. The summed E-state index contributed by atoms with van der Waals surface area (Å²) in [5.74, 6) is 0.449. The zero-order valence-electron chi connectivity index (χ0n) is 11.5. The van der Waals surface area contributed by atoms with Gasteiger partial charge in [0.2, 0.25) is 0 Å². The number of benzene rings is 1. The summed E-state index contributed by atoms with van der Waals surface area (Å²) in [4.78, 5) is 5.49. The lowest BCUT2D eigenvalue weighted by Gasteiger charge is -2.17. The quantitative estimate of drug-likeness (QED) is 0.737. The van der Waals surface area contributed by atoms with E-state index in [-0.39, 0.29) is 0 Å². The lowest BCUT2D eigenvalue weighted by Crippen LogP contribution is -2.26. The number of hydrogen-bond acceptors (Lipinski definition) is 4. The second-order valence-electron chi connectivity index (χ2n) is 4.62. The van der Waals surface area contributed by atoms with E-state index in [1.54, 1.807) is 18.4 Å². The van der Waals surface area contributed by atoms with E-state index >= 15 is 0 Å². The van der Waals surface area contributed by atoms with Crippen LogP contribution in [-0.4, -0.2) is 31.8 Å². The third kappa shape index (κ3) is 4.98. The van der Waals surface area contributed by atoms with Crippen molar-refractivity contribution >= 4 is 27.3 Å². The number of thiazole rings is 1. The van der Waals surface area contributed by atoms with Crippen LogP contribution in [0.25, 0.3) is 0 Å². The monoisotopic (exact) mass is 354 g/mol. The number of nitrogens with zero attached hydrogens (tertiary/aromatic N) is 1. The van der Waals surface area contributed by atoms with Crippen molar-refractivity contribution in [1.29, 1.82) is 0 Å². The van der Waals surface area contributed by atoms with Crippen LogP contribution >= 0.6 is 27.3 Å². The first-order valence-electron chi connectivity index (χ1n) is 6.62. The average Bonchev–Trinajstić information content (AvgIpc) is 2.95. The summed E-state index contributed by atoms with van der Waals surface area (Å²) in [6.45, 7) is 2.56. The molecule has 0 aliphatic rings. The van der Waals surface area contributed by atoms with Gasteiger partial charge >= 0.3 is 0 Å². The summed E-state index contributed by atoms with van der Waals surface area (Å²) in [5.41, 5.74) is 3.24. The second-order valence-corrected chi connectivity index (χ2v) is 6.51. The van der Waals surface area contributed by atoms with E-state index in [2.05, 4.69) is 50.5 Å². The molecule has 0 radical (unpaired) electrons. The van der Waals surface area contributed by atoms with Crippen LogP contribution in [0.5, 0.6) is 0 Å². The molecule has 0 spiro atoms. The molecular formula is C15H19BrN2OS. The van der Waals surface area contributed by atoms with Crippen molar-refractivity contribution in [3.63, 3.8) is 0 Å². The Balaban J connectivity index is 2.03. The molecule has 1 N–H and O–H groups in total. The first-order chi connectivity index (χ1) is 9.79. The molecule has 1 heterocycles. The number of methoxy groups -OCH3 is 1. The van der Waals surface area contributed by atoms with Crippen molar-refractivity contribution in [2.75, 3.05) is 26.8 Å². The van der Waals surface area contributed by atoms with Gasteiger partial charge in [-0.2, -0.15) is 0 Å². The van der Waals surface area contributed by atoms with Crippen LogP contribution in [0.15, 0.2) is 40.4 Å². The second kappa shape index (κ2) is 8.52. The number of ether oxygens (including phenoxy) is 1. The highest BCUT2D eigenvalue weighted by Gasteiger charge is 2.13. The van der Waals surface area contributed by atoms with Crippen LogP contribution in [0.4, 0.5) is 0 Å². The van der Waals surface area contributed by atoms with E-state index in [1.807, 2.05) is 11.7 Å². The molecule has 0 saturated carbocycles. The molecule has 20 heavy (non-hydrogen) atoms. The number of halogens is 1. The fraction of sp³-hybridized carbons (Fsp3) is 0.400. The molecule has 3 nitrogen and oxygen atoms in total. The van der Waals surface area contributed by atoms with Gasteiger partial charge in [-0.05, 0) is 24.1 Å². The van der Waals surface area contributed by atoms with E-state index in [9.17, 15) is 0 Å². The van der Waals surface area contributed by atoms with Gasteiger partial charge in [-0.1, -0.05) is 28.1 Å². The van der Waals surface area contributed by atoms with Gasteiger partial charge < -0.3 is 10.1 Å². The number of rotatable bonds is 8. The van der Waals surface area contributed by atoms with E-state index in [1.165, 1.54) is 10.4 Å². The Hall–Kier alpha value is -0.750. The van der Waals surface area contributed by atoms with Crippen molar-refractivity contribution in [3.8, 4) is 0 Å². The van der Waals surface area contributed by atoms with Crippen LogP contribution in [0, 0.1) is 0 Å². The third-order valence-corrected chi connectivity index (χ3v) is 4.42. The van der Waals surface area contributed by atoms with Crippen molar-refractivity contribution in [2.45, 2.75) is 12.3 Å². The summed E-state index contributed by atoms with van der Waals surface area (Å²) in [5, 5.41) is 3.46. The molecule has 2 rings (SSSR count). The van der Waals surface area contributed by atoms with Gasteiger partial charge in [-0.25, -0.2) is 0 Å². The van der Waals surface area contributed by atoms with E-state index in [0.717, 1.165) is 30.6 Å². The minimum absolute atomic E-state index is 0.449. The molecule has 0 fully saturated rings. The zero-order chi connectivity index (χ0) is 14.2. The molecule has 0 aliphatic carbocycles. The summed E-state index contributed by atoms with van der Waals surface area (Å²) >= 11 is 5.27. The first-order valence-corrected chi connectivity index (χ1v) is 8.29. The molecule has 1 aromatic carbocycles. The molecule has 0 bridgehead atoms. The first kappa shape index (κ1) is 15.6. The molecule has 1 unspecified atom stereocenters. The fourth-order valence-corrected chi connectivity index (χ4v) is 3.20. The molecule has 2 aromatic rings. The van der Waals surface area contributed by atoms with Crippen molar-refractivity contribution in [2.24, 2.45) is 0 Å². The smallest absolute Gasteiger partial charge is 0.0794 e. The number of aromatic nitrogens is 1. The van der Waals surface area contributed by atoms with Gasteiger partial charge in [0.25, 0.3) is 0 Å². The Kier molecular flexibility index (Phi) is 6.66. The van der Waals surface area contributed by atoms with E-state index in [0.29, 0.717) is 5.92 Å². The van der Waals surface area contributed by atoms with Crippen molar-refractivity contribution in [3.05, 3.63) is 50.9 Å². The maximum atomic E-state index is 5.08. The summed E-state index contributed by atoms with van der Waals surface area (Å²) in [7, 11) is 1.73. The summed E-state index contributed by atoms with van der Waals surface area (Å²) in [6.07, 6.45) is 2.98. The SMILES string of the molecule is COCCNCC(Cc1cncs1)c1cccc(Br)c1. The van der Waals surface area contributed by atoms with Crippen LogP contribution in [0.1, 0.15) is 16.4 Å². The van der Waals surface area contributed by atoms with E-state index < -0.39 is 0 Å². The average molecular weight is 355 g/mol. The Morgan fingerprint density at radius 1 is 1.45 bits per heavy atom. The highest BCUT2D eigenvalue weighted by molar-refractivity contribution is 9.10. The Morgan fingerprint density at radius 2 is 2.35 bits per heavy atom. The van der Waals surface area contributed by atoms with Gasteiger partial charge in [0.15, 0.2) is 0 Å². The number of hydrogen-bond donors (Lipinski definition) is 1. The van der Waals surface area contributed by atoms with Crippen LogP contribution in [-0.2, 0) is 11.2 Å². The molecule has 0 aliphatic heterocycles. The zero-order valence-corrected chi connectivity index (χ0v) is 13.9. The molecule has 1 atom stereocenters. The highest BCUT2D eigenvalue weighted by atomic mass is 79.9. The van der Waals surface area contributed by atoms with Gasteiger partial charge in [-0.3, -0.25) is 4.98 Å². The molecule has 0 amide bonds. The molecular weight excluding hydrogens is 336 g/mol. The Labute approximate surface area is 132 Å². The van der Waals surface area contributed by atoms with Crippen LogP contribution in [0.2, 0.25) is 0 Å². The van der Waals surface area contributed by atoms with Gasteiger partial charge in [0.1, 0.15) is 0 Å². The van der Waals surface area contributed by atoms with Gasteiger partial charge in [0, 0.05) is 41.7 Å². The van der Waals surface area contributed by atoms with Crippen molar-refractivity contribution in [1.82, 2.24) is 10.3 Å². The minimum atomic E-state index is 0.449. The Bertz CT molecular complexity index is 504. The maximum absolute atomic E-state index is 5.08. The van der Waals surface area contributed by atoms with E-state index in [4.69, 9.17) is 4.74 Å². The molecule has 108 valence electrons. The number of nitrogens with one attached hydrogen (secondary N) is 1. The largest absolute Gasteiger partial charge is 0.383 e. The lowest BCUT2D eigenvalue weighted by atomic mass is 9.95. The predicted octanol–water partition coefficient (Wildman–Crippen LogP) is 3.47.